The fraction of sp³-hybridized carbons (Fsp3) is 0.263. The van der Waals surface area contributed by atoms with Gasteiger partial charge >= 0.3 is 0 Å². The van der Waals surface area contributed by atoms with Crippen molar-refractivity contribution in [3.63, 3.8) is 0 Å². The van der Waals surface area contributed by atoms with Crippen LogP contribution in [0.2, 0.25) is 0 Å². The summed E-state index contributed by atoms with van der Waals surface area (Å²) in [7, 11) is 0. The molecule has 1 aromatic heterocycles. The van der Waals surface area contributed by atoms with Crippen LogP contribution in [0.4, 0.5) is 0 Å². The van der Waals surface area contributed by atoms with E-state index in [1.807, 2.05) is 42.6 Å². The van der Waals surface area contributed by atoms with E-state index in [1.54, 1.807) is 4.68 Å². The van der Waals surface area contributed by atoms with Gasteiger partial charge in [0.15, 0.2) is 0 Å². The predicted molar refractivity (Wildman–Crippen MR) is 92.4 cm³/mol. The lowest BCUT2D eigenvalue weighted by atomic mass is 10.0. The Kier molecular flexibility index (Phi) is 4.25. The average molecular weight is 320 g/mol. The van der Waals surface area contributed by atoms with Crippen molar-refractivity contribution in [3.8, 4) is 11.4 Å². The molecule has 1 N–H and O–H groups in total. The normalized spacial score (nSPS) is 14.0. The van der Waals surface area contributed by atoms with Crippen molar-refractivity contribution < 1.29 is 4.74 Å². The quantitative estimate of drug-likeness (QED) is 0.802. The van der Waals surface area contributed by atoms with E-state index in [2.05, 4.69) is 27.8 Å². The highest BCUT2D eigenvalue weighted by atomic mass is 16.5. The minimum Gasteiger partial charge on any atom is -0.487 e. The molecule has 0 unspecified atom stereocenters. The van der Waals surface area contributed by atoms with Gasteiger partial charge in [0.05, 0.1) is 11.9 Å². The van der Waals surface area contributed by atoms with Gasteiger partial charge in [0.1, 0.15) is 18.1 Å². The predicted octanol–water partition coefficient (Wildman–Crippen LogP) is 2.53. The lowest BCUT2D eigenvalue weighted by molar-refractivity contribution is 0.301. The number of fused-ring (bicyclic) bond motifs is 1. The number of hydrogen-bond donors (Lipinski definition) is 1. The highest BCUT2D eigenvalue weighted by Crippen LogP contribution is 2.21. The first-order chi connectivity index (χ1) is 11.9. The summed E-state index contributed by atoms with van der Waals surface area (Å²) < 4.78 is 7.68. The maximum absolute atomic E-state index is 5.91. The molecule has 0 saturated carbocycles. The van der Waals surface area contributed by atoms with Crippen LogP contribution in [0, 0.1) is 0 Å². The number of rotatable bonds is 4. The van der Waals surface area contributed by atoms with E-state index in [1.165, 1.54) is 11.1 Å². The largest absolute Gasteiger partial charge is 0.487 e. The van der Waals surface area contributed by atoms with E-state index in [0.29, 0.717) is 6.61 Å². The van der Waals surface area contributed by atoms with Crippen LogP contribution in [0.5, 0.6) is 5.75 Å². The molecule has 2 aromatic carbocycles. The van der Waals surface area contributed by atoms with E-state index in [4.69, 9.17) is 4.74 Å². The molecule has 3 aromatic rings. The Balaban J connectivity index is 1.44. The topological polar surface area (TPSA) is 52.0 Å². The van der Waals surface area contributed by atoms with Crippen LogP contribution in [-0.2, 0) is 19.4 Å². The summed E-state index contributed by atoms with van der Waals surface area (Å²) in [6.07, 6.45) is 4.04. The summed E-state index contributed by atoms with van der Waals surface area (Å²) in [4.78, 5) is 0. The SMILES string of the molecule is c1ccc(-n2cc(COc3ccc4c(c3)CCNCC4)nn2)cc1. The minimum absolute atomic E-state index is 0.421. The molecule has 0 spiro atoms. The molecule has 0 aliphatic carbocycles. The first-order valence-corrected chi connectivity index (χ1v) is 8.30. The molecule has 5 heteroatoms. The molecule has 4 rings (SSSR count). The van der Waals surface area contributed by atoms with Crippen LogP contribution in [0.15, 0.2) is 54.7 Å². The highest BCUT2D eigenvalue weighted by molar-refractivity contribution is 5.37. The molecule has 0 amide bonds. The zero-order valence-electron chi connectivity index (χ0n) is 13.5. The van der Waals surface area contributed by atoms with Crippen LogP contribution in [-0.4, -0.2) is 28.1 Å². The number of aromatic nitrogens is 3. The monoisotopic (exact) mass is 320 g/mol. The van der Waals surface area contributed by atoms with Gasteiger partial charge in [0.2, 0.25) is 0 Å². The smallest absolute Gasteiger partial charge is 0.134 e. The molecule has 24 heavy (non-hydrogen) atoms. The van der Waals surface area contributed by atoms with Crippen molar-refractivity contribution in [2.45, 2.75) is 19.4 Å². The number of ether oxygens (including phenoxy) is 1. The van der Waals surface area contributed by atoms with Crippen LogP contribution < -0.4 is 10.1 Å². The molecule has 1 aliphatic heterocycles. The van der Waals surface area contributed by atoms with Crippen LogP contribution in [0.3, 0.4) is 0 Å². The maximum atomic E-state index is 5.91. The van der Waals surface area contributed by atoms with E-state index < -0.39 is 0 Å². The molecule has 0 bridgehead atoms. The Morgan fingerprint density at radius 1 is 1.00 bits per heavy atom. The van der Waals surface area contributed by atoms with Crippen molar-refractivity contribution in [2.75, 3.05) is 13.1 Å². The molecular weight excluding hydrogens is 300 g/mol. The van der Waals surface area contributed by atoms with E-state index >= 15 is 0 Å². The summed E-state index contributed by atoms with van der Waals surface area (Å²) in [5, 5.41) is 11.8. The summed E-state index contributed by atoms with van der Waals surface area (Å²) in [6.45, 7) is 2.50. The van der Waals surface area contributed by atoms with Gasteiger partial charge in [-0.3, -0.25) is 0 Å². The minimum atomic E-state index is 0.421. The van der Waals surface area contributed by atoms with Gasteiger partial charge in [0.25, 0.3) is 0 Å². The van der Waals surface area contributed by atoms with Crippen LogP contribution >= 0.6 is 0 Å². The molecule has 0 fully saturated rings. The number of nitrogens with zero attached hydrogens (tertiary/aromatic N) is 3. The van der Waals surface area contributed by atoms with Gasteiger partial charge in [-0.05, 0) is 61.3 Å². The average Bonchev–Trinajstić information content (AvgIpc) is 2.98. The van der Waals surface area contributed by atoms with Gasteiger partial charge in [-0.1, -0.05) is 29.5 Å². The second-order valence-electron chi connectivity index (χ2n) is 5.96. The first-order valence-electron chi connectivity index (χ1n) is 8.30. The summed E-state index contributed by atoms with van der Waals surface area (Å²) in [6, 6.07) is 16.3. The lowest BCUT2D eigenvalue weighted by Gasteiger charge is -2.09. The summed E-state index contributed by atoms with van der Waals surface area (Å²) in [5.41, 5.74) is 4.61. The van der Waals surface area contributed by atoms with E-state index in [-0.39, 0.29) is 0 Å². The molecule has 2 heterocycles. The van der Waals surface area contributed by atoms with E-state index in [9.17, 15) is 0 Å². The molecule has 0 radical (unpaired) electrons. The third-order valence-electron chi connectivity index (χ3n) is 4.27. The van der Waals surface area contributed by atoms with Crippen LogP contribution in [0.25, 0.3) is 5.69 Å². The molecular formula is C19H20N4O. The van der Waals surface area contributed by atoms with Gasteiger partial charge < -0.3 is 10.1 Å². The lowest BCUT2D eigenvalue weighted by Crippen LogP contribution is -2.16. The number of nitrogens with one attached hydrogen (secondary N) is 1. The Hall–Kier alpha value is -2.66. The molecule has 0 atom stereocenters. The Morgan fingerprint density at radius 2 is 1.83 bits per heavy atom. The van der Waals surface area contributed by atoms with Gasteiger partial charge in [0, 0.05) is 0 Å². The van der Waals surface area contributed by atoms with Gasteiger partial charge in [-0.2, -0.15) is 0 Å². The summed E-state index contributed by atoms with van der Waals surface area (Å²) in [5.74, 6) is 0.893. The fourth-order valence-electron chi connectivity index (χ4n) is 2.97. The number of para-hydroxylation sites is 1. The Labute approximate surface area is 141 Å². The molecule has 122 valence electrons. The zero-order valence-corrected chi connectivity index (χ0v) is 13.5. The zero-order chi connectivity index (χ0) is 16.2. The molecule has 0 saturated heterocycles. The molecule has 5 nitrogen and oxygen atoms in total. The van der Waals surface area contributed by atoms with Crippen molar-refractivity contribution in [1.29, 1.82) is 0 Å². The number of hydrogen-bond acceptors (Lipinski definition) is 4. The third kappa shape index (κ3) is 3.31. The maximum Gasteiger partial charge on any atom is 0.134 e. The second kappa shape index (κ2) is 6.84. The van der Waals surface area contributed by atoms with Crippen molar-refractivity contribution in [1.82, 2.24) is 20.3 Å². The highest BCUT2D eigenvalue weighted by Gasteiger charge is 2.09. The van der Waals surface area contributed by atoms with E-state index in [0.717, 1.165) is 43.1 Å². The summed E-state index contributed by atoms with van der Waals surface area (Å²) >= 11 is 0. The van der Waals surface area contributed by atoms with Gasteiger partial charge in [-0.25, -0.2) is 4.68 Å². The van der Waals surface area contributed by atoms with Crippen molar-refractivity contribution in [2.24, 2.45) is 0 Å². The van der Waals surface area contributed by atoms with Crippen molar-refractivity contribution in [3.05, 3.63) is 71.5 Å². The van der Waals surface area contributed by atoms with Crippen LogP contribution in [0.1, 0.15) is 16.8 Å². The molecule has 1 aliphatic rings. The third-order valence-corrected chi connectivity index (χ3v) is 4.27. The fourth-order valence-corrected chi connectivity index (χ4v) is 2.97. The Morgan fingerprint density at radius 3 is 2.71 bits per heavy atom. The standard InChI is InChI=1S/C19H20N4O/c1-2-4-18(5-3-1)23-13-17(21-22-23)14-24-19-7-6-15-8-10-20-11-9-16(15)12-19/h1-7,12-13,20H,8-11,14H2. The first kappa shape index (κ1) is 14.9. The Bertz CT molecular complexity index is 813. The van der Waals surface area contributed by atoms with Crippen molar-refractivity contribution >= 4 is 0 Å². The number of benzene rings is 2. The van der Waals surface area contributed by atoms with Gasteiger partial charge in [-0.15, -0.1) is 5.10 Å². The second-order valence-corrected chi connectivity index (χ2v) is 5.96.